The Hall–Kier alpha value is -1.30. The molecule has 0 aromatic heterocycles. The third kappa shape index (κ3) is 5.04. The van der Waals surface area contributed by atoms with Crippen LogP contribution in [0.5, 0.6) is 0 Å². The molecule has 0 aliphatic heterocycles. The summed E-state index contributed by atoms with van der Waals surface area (Å²) >= 11 is 0.480. The zero-order valence-electron chi connectivity index (χ0n) is 9.65. The summed E-state index contributed by atoms with van der Waals surface area (Å²) in [7, 11) is 0. The van der Waals surface area contributed by atoms with Crippen molar-refractivity contribution in [3.8, 4) is 0 Å². The summed E-state index contributed by atoms with van der Waals surface area (Å²) in [6, 6.07) is 6.80. The molecule has 0 saturated carbocycles. The van der Waals surface area contributed by atoms with Crippen molar-refractivity contribution in [1.29, 1.82) is 0 Å². The average Bonchev–Trinajstić information content (AvgIpc) is 2.18. The number of halogens is 2. The number of guanidine groups is 1. The number of hydrogen-bond acceptors (Lipinski definition) is 2. The number of nitrogens with zero attached hydrogens (tertiary/aromatic N) is 1. The molecule has 0 unspecified atom stereocenters. The standard InChI is InChI=1S/C11H15F2N3S/c1-7(2)15-11(14)16-8-5-3-4-6-9(8)17-10(12)13/h3-7,10H,1-2H3,(H3,14,15,16). The molecule has 0 atom stereocenters. The van der Waals surface area contributed by atoms with E-state index in [1.54, 1.807) is 24.3 Å². The van der Waals surface area contributed by atoms with Crippen LogP contribution >= 0.6 is 11.8 Å². The normalized spacial score (nSPS) is 12.2. The molecule has 0 bridgehead atoms. The molecule has 3 N–H and O–H groups in total. The van der Waals surface area contributed by atoms with E-state index in [1.807, 2.05) is 13.8 Å². The maximum absolute atomic E-state index is 12.3. The minimum absolute atomic E-state index is 0.0532. The van der Waals surface area contributed by atoms with E-state index in [0.717, 1.165) is 0 Å². The number of thioether (sulfide) groups is 1. The van der Waals surface area contributed by atoms with Crippen molar-refractivity contribution in [2.75, 3.05) is 5.32 Å². The van der Waals surface area contributed by atoms with Crippen LogP contribution in [0, 0.1) is 0 Å². The van der Waals surface area contributed by atoms with E-state index in [4.69, 9.17) is 5.73 Å². The Morgan fingerprint density at radius 1 is 1.35 bits per heavy atom. The average molecular weight is 259 g/mol. The van der Waals surface area contributed by atoms with Gasteiger partial charge in [-0.15, -0.1) is 0 Å². The van der Waals surface area contributed by atoms with Crippen LogP contribution in [0.25, 0.3) is 0 Å². The highest BCUT2D eigenvalue weighted by atomic mass is 32.2. The molecule has 6 heteroatoms. The van der Waals surface area contributed by atoms with Crippen LogP contribution < -0.4 is 11.1 Å². The Kier molecular flexibility index (Phi) is 5.21. The number of nitrogens with one attached hydrogen (secondary N) is 1. The topological polar surface area (TPSA) is 50.4 Å². The van der Waals surface area contributed by atoms with Gasteiger partial charge in [0.15, 0.2) is 5.96 Å². The number of rotatable bonds is 4. The van der Waals surface area contributed by atoms with Gasteiger partial charge in [0.25, 0.3) is 5.76 Å². The van der Waals surface area contributed by atoms with Crippen LogP contribution in [0.2, 0.25) is 0 Å². The van der Waals surface area contributed by atoms with E-state index >= 15 is 0 Å². The molecule has 0 amide bonds. The number of aliphatic imine (C=N–C) groups is 1. The quantitative estimate of drug-likeness (QED) is 0.496. The van der Waals surface area contributed by atoms with Gasteiger partial charge in [-0.2, -0.15) is 8.78 Å². The Bertz CT molecular complexity index is 394. The first-order valence-corrected chi connectivity index (χ1v) is 6.01. The molecule has 17 heavy (non-hydrogen) atoms. The van der Waals surface area contributed by atoms with Gasteiger partial charge in [-0.05, 0) is 26.0 Å². The number of anilines is 1. The smallest absolute Gasteiger partial charge is 0.288 e. The summed E-state index contributed by atoms with van der Waals surface area (Å²) in [6.45, 7) is 3.77. The minimum atomic E-state index is -2.46. The zero-order valence-corrected chi connectivity index (χ0v) is 10.5. The molecule has 0 radical (unpaired) electrons. The van der Waals surface area contributed by atoms with Crippen LogP contribution in [0.15, 0.2) is 34.2 Å². The molecule has 3 nitrogen and oxygen atoms in total. The number of alkyl halides is 2. The Labute approximate surface area is 103 Å². The molecule has 0 heterocycles. The lowest BCUT2D eigenvalue weighted by atomic mass is 10.3. The molecule has 94 valence electrons. The van der Waals surface area contributed by atoms with E-state index in [1.165, 1.54) is 0 Å². The molecule has 1 aromatic carbocycles. The van der Waals surface area contributed by atoms with Gasteiger partial charge in [0.1, 0.15) is 0 Å². The summed E-state index contributed by atoms with van der Waals surface area (Å²) in [5.74, 6) is -2.23. The second-order valence-electron chi connectivity index (χ2n) is 3.61. The highest BCUT2D eigenvalue weighted by molar-refractivity contribution is 7.99. The van der Waals surface area contributed by atoms with E-state index in [9.17, 15) is 8.78 Å². The second-order valence-corrected chi connectivity index (χ2v) is 4.64. The van der Waals surface area contributed by atoms with Gasteiger partial charge < -0.3 is 11.1 Å². The van der Waals surface area contributed by atoms with Gasteiger partial charge in [0.05, 0.1) is 5.69 Å². The molecule has 0 fully saturated rings. The minimum Gasteiger partial charge on any atom is -0.370 e. The van der Waals surface area contributed by atoms with Crippen molar-refractivity contribution in [2.45, 2.75) is 30.5 Å². The Morgan fingerprint density at radius 3 is 2.59 bits per heavy atom. The Balaban J connectivity index is 2.83. The molecule has 0 spiro atoms. The highest BCUT2D eigenvalue weighted by Gasteiger charge is 2.09. The lowest BCUT2D eigenvalue weighted by molar-refractivity contribution is 0.252. The summed E-state index contributed by atoms with van der Waals surface area (Å²) < 4.78 is 24.6. The van der Waals surface area contributed by atoms with E-state index in [2.05, 4.69) is 10.3 Å². The number of hydrogen-bond donors (Lipinski definition) is 2. The van der Waals surface area contributed by atoms with Crippen molar-refractivity contribution in [1.82, 2.24) is 0 Å². The van der Waals surface area contributed by atoms with E-state index in [-0.39, 0.29) is 12.0 Å². The fourth-order valence-electron chi connectivity index (χ4n) is 1.22. The SMILES string of the molecule is CC(C)N=C(N)Nc1ccccc1SC(F)F. The summed E-state index contributed by atoms with van der Waals surface area (Å²) in [6.07, 6.45) is 0. The highest BCUT2D eigenvalue weighted by Crippen LogP contribution is 2.31. The summed E-state index contributed by atoms with van der Waals surface area (Å²) in [5.41, 5.74) is 6.19. The summed E-state index contributed by atoms with van der Waals surface area (Å²) in [4.78, 5) is 4.53. The summed E-state index contributed by atoms with van der Waals surface area (Å²) in [5, 5.41) is 2.82. The number of benzene rings is 1. The first-order chi connectivity index (χ1) is 7.99. The van der Waals surface area contributed by atoms with E-state index in [0.29, 0.717) is 22.3 Å². The Morgan fingerprint density at radius 2 is 2.00 bits per heavy atom. The third-order valence-corrected chi connectivity index (χ3v) is 2.55. The third-order valence-electron chi connectivity index (χ3n) is 1.76. The monoisotopic (exact) mass is 259 g/mol. The maximum Gasteiger partial charge on any atom is 0.288 e. The lowest BCUT2D eigenvalue weighted by Crippen LogP contribution is -2.24. The van der Waals surface area contributed by atoms with Crippen molar-refractivity contribution in [3.63, 3.8) is 0 Å². The fourth-order valence-corrected chi connectivity index (χ4v) is 1.81. The molecule has 0 saturated heterocycles. The first kappa shape index (κ1) is 13.8. The molecule has 0 aliphatic carbocycles. The van der Waals surface area contributed by atoms with Gasteiger partial charge in [-0.1, -0.05) is 23.9 Å². The van der Waals surface area contributed by atoms with Crippen LogP contribution in [0.1, 0.15) is 13.8 Å². The van der Waals surface area contributed by atoms with Crippen molar-refractivity contribution in [3.05, 3.63) is 24.3 Å². The molecule has 1 rings (SSSR count). The predicted octanol–water partition coefficient (Wildman–Crippen LogP) is 3.14. The van der Waals surface area contributed by atoms with Gasteiger partial charge in [0.2, 0.25) is 0 Å². The van der Waals surface area contributed by atoms with Gasteiger partial charge in [-0.25, -0.2) is 0 Å². The second kappa shape index (κ2) is 6.44. The van der Waals surface area contributed by atoms with Crippen molar-refractivity contribution < 1.29 is 8.78 Å². The molecule has 1 aromatic rings. The van der Waals surface area contributed by atoms with Crippen LogP contribution in [-0.4, -0.2) is 17.8 Å². The first-order valence-electron chi connectivity index (χ1n) is 5.13. The molecular formula is C11H15F2N3S. The predicted molar refractivity (Wildman–Crippen MR) is 68.7 cm³/mol. The zero-order chi connectivity index (χ0) is 12.8. The van der Waals surface area contributed by atoms with Crippen molar-refractivity contribution in [2.24, 2.45) is 10.7 Å². The number of para-hydroxylation sites is 1. The van der Waals surface area contributed by atoms with Crippen LogP contribution in [0.4, 0.5) is 14.5 Å². The largest absolute Gasteiger partial charge is 0.370 e. The molecular weight excluding hydrogens is 244 g/mol. The van der Waals surface area contributed by atoms with Gasteiger partial charge >= 0.3 is 0 Å². The number of nitrogens with two attached hydrogens (primary N) is 1. The van der Waals surface area contributed by atoms with Crippen LogP contribution in [-0.2, 0) is 0 Å². The van der Waals surface area contributed by atoms with Crippen molar-refractivity contribution >= 4 is 23.4 Å². The van der Waals surface area contributed by atoms with Crippen LogP contribution in [0.3, 0.4) is 0 Å². The van der Waals surface area contributed by atoms with Gasteiger partial charge in [-0.3, -0.25) is 4.99 Å². The fraction of sp³-hybridized carbons (Fsp3) is 0.364. The lowest BCUT2D eigenvalue weighted by Gasteiger charge is -2.11. The van der Waals surface area contributed by atoms with E-state index < -0.39 is 5.76 Å². The maximum atomic E-state index is 12.3. The van der Waals surface area contributed by atoms with Gasteiger partial charge in [0, 0.05) is 10.9 Å². The molecule has 0 aliphatic rings.